The van der Waals surface area contributed by atoms with Crippen LogP contribution in [0, 0.1) is 0 Å². The first-order chi connectivity index (χ1) is 14.0. The molecule has 0 spiro atoms. The van der Waals surface area contributed by atoms with Crippen molar-refractivity contribution in [2.75, 3.05) is 25.1 Å². The van der Waals surface area contributed by atoms with Crippen molar-refractivity contribution < 1.29 is 46.9 Å². The molecule has 0 unspecified atom stereocenters. The van der Waals surface area contributed by atoms with Gasteiger partial charge < -0.3 is 24.6 Å². The molecule has 0 aliphatic rings. The van der Waals surface area contributed by atoms with Gasteiger partial charge in [0.25, 0.3) is 5.60 Å². The highest BCUT2D eigenvalue weighted by Gasteiger charge is 2.62. The molecule has 1 atom stereocenters. The maximum atomic E-state index is 13.4. The van der Waals surface area contributed by atoms with Crippen molar-refractivity contribution in [3.63, 3.8) is 0 Å². The Bertz CT molecular complexity index is 770. The highest BCUT2D eigenvalue weighted by atomic mass is 19.4. The van der Waals surface area contributed by atoms with Gasteiger partial charge in [0.1, 0.15) is 0 Å². The summed E-state index contributed by atoms with van der Waals surface area (Å²) >= 11 is 0. The Morgan fingerprint density at radius 3 is 1.80 bits per heavy atom. The van der Waals surface area contributed by atoms with Gasteiger partial charge in [0, 0.05) is 17.5 Å². The minimum absolute atomic E-state index is 0.00810. The number of hydrogen-bond acceptors (Lipinski definition) is 8. The molecule has 1 aromatic carbocycles. The zero-order valence-electron chi connectivity index (χ0n) is 16.5. The first kappa shape index (κ1) is 25.0. The number of benzene rings is 1. The van der Waals surface area contributed by atoms with E-state index in [0.29, 0.717) is 0 Å². The predicted molar refractivity (Wildman–Crippen MR) is 98.0 cm³/mol. The number of hydrogen-bond donors (Lipinski definition) is 2. The summed E-state index contributed by atoms with van der Waals surface area (Å²) in [4.78, 5) is 35.5. The van der Waals surface area contributed by atoms with Gasteiger partial charge in [0.15, 0.2) is 5.57 Å². The Kier molecular flexibility index (Phi) is 8.84. The molecule has 0 heterocycles. The van der Waals surface area contributed by atoms with Gasteiger partial charge in [-0.1, -0.05) is 12.1 Å². The van der Waals surface area contributed by atoms with Crippen LogP contribution in [0.2, 0.25) is 0 Å². The lowest BCUT2D eigenvalue weighted by Crippen LogP contribution is -2.50. The average molecular weight is 433 g/mol. The number of rotatable bonds is 9. The summed E-state index contributed by atoms with van der Waals surface area (Å²) < 4.78 is 54.0. The molecule has 0 aromatic heterocycles. The second-order valence-corrected chi connectivity index (χ2v) is 5.65. The minimum Gasteiger partial charge on any atom is -0.463 e. The van der Waals surface area contributed by atoms with Crippen LogP contribution < -0.4 is 5.32 Å². The molecule has 0 saturated heterocycles. The van der Waals surface area contributed by atoms with Crippen molar-refractivity contribution >= 4 is 23.6 Å². The van der Waals surface area contributed by atoms with Gasteiger partial charge in [-0.05, 0) is 32.9 Å². The summed E-state index contributed by atoms with van der Waals surface area (Å²) in [5, 5.41) is 12.6. The van der Waals surface area contributed by atoms with Crippen LogP contribution in [0.3, 0.4) is 0 Å². The molecule has 2 N–H and O–H groups in total. The van der Waals surface area contributed by atoms with E-state index >= 15 is 0 Å². The van der Waals surface area contributed by atoms with Gasteiger partial charge in [0.2, 0.25) is 0 Å². The van der Waals surface area contributed by atoms with E-state index in [9.17, 15) is 32.7 Å². The third kappa shape index (κ3) is 5.72. The van der Waals surface area contributed by atoms with Crippen molar-refractivity contribution in [3.05, 3.63) is 41.6 Å². The van der Waals surface area contributed by atoms with Crippen LogP contribution in [-0.4, -0.2) is 49.0 Å². The first-order valence-electron chi connectivity index (χ1n) is 8.90. The highest BCUT2D eigenvalue weighted by molar-refractivity contribution is 6.14. The Balaban J connectivity index is 3.18. The largest absolute Gasteiger partial charge is 0.463 e. The molecule has 1 aromatic rings. The SMILES string of the molecule is CCOC(=O)C(=CNc1ccc([C@](O)(C(=O)OCC)C(F)(F)F)cc1)C(=O)OCC. The van der Waals surface area contributed by atoms with Gasteiger partial charge in [-0.25, -0.2) is 14.4 Å². The number of carbonyl (C=O) groups excluding carboxylic acids is 3. The third-order valence-electron chi connectivity index (χ3n) is 3.66. The number of nitrogens with one attached hydrogen (secondary N) is 1. The molecule has 0 aliphatic heterocycles. The molecule has 0 bridgehead atoms. The summed E-state index contributed by atoms with van der Waals surface area (Å²) in [6.45, 7) is 4.05. The van der Waals surface area contributed by atoms with Crippen molar-refractivity contribution in [2.24, 2.45) is 0 Å². The quantitative estimate of drug-likeness (QED) is 0.201. The summed E-state index contributed by atoms with van der Waals surface area (Å²) in [7, 11) is 0. The lowest BCUT2D eigenvalue weighted by Gasteiger charge is -2.28. The van der Waals surface area contributed by atoms with Crippen molar-refractivity contribution in [1.82, 2.24) is 0 Å². The Morgan fingerprint density at radius 1 is 0.933 bits per heavy atom. The predicted octanol–water partition coefficient (Wildman–Crippen LogP) is 2.42. The number of carbonyl (C=O) groups is 3. The molecule has 1 rings (SSSR count). The molecule has 0 aliphatic carbocycles. The average Bonchev–Trinajstić information content (AvgIpc) is 2.67. The third-order valence-corrected chi connectivity index (χ3v) is 3.66. The fraction of sp³-hybridized carbons (Fsp3) is 0.421. The Morgan fingerprint density at radius 2 is 1.40 bits per heavy atom. The maximum absolute atomic E-state index is 13.4. The van der Waals surface area contributed by atoms with Crippen molar-refractivity contribution in [3.8, 4) is 0 Å². The fourth-order valence-electron chi connectivity index (χ4n) is 2.21. The van der Waals surface area contributed by atoms with E-state index < -0.39 is 40.8 Å². The number of halogens is 3. The zero-order valence-corrected chi connectivity index (χ0v) is 16.5. The number of aliphatic hydroxyl groups is 1. The molecule has 0 amide bonds. The van der Waals surface area contributed by atoms with Crippen LogP contribution in [0.4, 0.5) is 18.9 Å². The standard InChI is InChI=1S/C19H22F3NO7/c1-4-28-15(24)14(16(25)29-5-2)11-23-13-9-7-12(8-10-13)18(27,19(20,21)22)17(26)30-6-3/h7-11,23,27H,4-6H2,1-3H3/t18-/m0/s1. The lowest BCUT2D eigenvalue weighted by molar-refractivity contribution is -0.267. The second-order valence-electron chi connectivity index (χ2n) is 5.65. The second kappa shape index (κ2) is 10.6. The van der Waals surface area contributed by atoms with E-state index in [2.05, 4.69) is 10.1 Å². The van der Waals surface area contributed by atoms with E-state index in [1.54, 1.807) is 0 Å². The smallest absolute Gasteiger partial charge is 0.432 e. The van der Waals surface area contributed by atoms with E-state index in [-0.39, 0.29) is 25.5 Å². The van der Waals surface area contributed by atoms with Crippen LogP contribution in [0.1, 0.15) is 26.3 Å². The van der Waals surface area contributed by atoms with Crippen molar-refractivity contribution in [1.29, 1.82) is 0 Å². The monoisotopic (exact) mass is 433 g/mol. The molecule has 30 heavy (non-hydrogen) atoms. The number of esters is 3. The molecule has 0 fully saturated rings. The summed E-state index contributed by atoms with van der Waals surface area (Å²) in [5.74, 6) is -3.76. The van der Waals surface area contributed by atoms with Crippen LogP contribution in [0.25, 0.3) is 0 Å². The Labute approximate surface area is 170 Å². The van der Waals surface area contributed by atoms with E-state index in [1.807, 2.05) is 0 Å². The molecular formula is C19H22F3NO7. The number of alkyl halides is 3. The van der Waals surface area contributed by atoms with E-state index in [1.165, 1.54) is 20.8 Å². The zero-order chi connectivity index (χ0) is 22.9. The number of anilines is 1. The van der Waals surface area contributed by atoms with Gasteiger partial charge >= 0.3 is 24.1 Å². The minimum atomic E-state index is -5.32. The fourth-order valence-corrected chi connectivity index (χ4v) is 2.21. The first-order valence-corrected chi connectivity index (χ1v) is 8.90. The molecule has 166 valence electrons. The lowest BCUT2D eigenvalue weighted by atomic mass is 9.93. The topological polar surface area (TPSA) is 111 Å². The van der Waals surface area contributed by atoms with Gasteiger partial charge in [-0.3, -0.25) is 0 Å². The van der Waals surface area contributed by atoms with Crippen LogP contribution in [0.5, 0.6) is 0 Å². The molecule has 0 saturated carbocycles. The summed E-state index contributed by atoms with van der Waals surface area (Å²) in [5.41, 5.74) is -4.92. The van der Waals surface area contributed by atoms with Gasteiger partial charge in [0.05, 0.1) is 19.8 Å². The Hall–Kier alpha value is -3.08. The number of ether oxygens (including phenoxy) is 3. The van der Waals surface area contributed by atoms with Gasteiger partial charge in [-0.15, -0.1) is 0 Å². The molecule has 8 nitrogen and oxygen atoms in total. The molecule has 0 radical (unpaired) electrons. The highest BCUT2D eigenvalue weighted by Crippen LogP contribution is 2.40. The molecule has 11 heteroatoms. The summed E-state index contributed by atoms with van der Waals surface area (Å²) in [6.07, 6.45) is -4.35. The maximum Gasteiger partial charge on any atom is 0.432 e. The molecular weight excluding hydrogens is 411 g/mol. The van der Waals surface area contributed by atoms with Crippen LogP contribution in [0.15, 0.2) is 36.0 Å². The van der Waals surface area contributed by atoms with E-state index in [0.717, 1.165) is 30.5 Å². The van der Waals surface area contributed by atoms with Crippen LogP contribution >= 0.6 is 0 Å². The normalized spacial score (nSPS) is 12.9. The van der Waals surface area contributed by atoms with Crippen LogP contribution in [-0.2, 0) is 34.2 Å². The van der Waals surface area contributed by atoms with E-state index in [4.69, 9.17) is 9.47 Å². The van der Waals surface area contributed by atoms with Crippen molar-refractivity contribution in [2.45, 2.75) is 32.5 Å². The van der Waals surface area contributed by atoms with Gasteiger partial charge in [-0.2, -0.15) is 13.2 Å². The summed E-state index contributed by atoms with van der Waals surface area (Å²) in [6, 6.07) is 3.93.